The fraction of sp³-hybridized carbons (Fsp3) is 0.0244. The fourth-order valence-corrected chi connectivity index (χ4v) is 9.97. The van der Waals surface area contributed by atoms with Gasteiger partial charge in [0.05, 0.1) is 5.69 Å². The van der Waals surface area contributed by atoms with Crippen molar-refractivity contribution in [3.05, 3.63) is 151 Å². The Hall–Kier alpha value is -5.10. The molecule has 0 spiro atoms. The van der Waals surface area contributed by atoms with Gasteiger partial charge in [-0.3, -0.25) is 0 Å². The van der Waals surface area contributed by atoms with E-state index in [2.05, 4.69) is 162 Å². The van der Waals surface area contributed by atoms with Crippen molar-refractivity contribution in [3.63, 3.8) is 0 Å². The Labute approximate surface area is 276 Å². The molecule has 0 radical (unpaired) electrons. The van der Waals surface area contributed by atoms with Gasteiger partial charge in [0.15, 0.2) is 0 Å². The molecule has 5 heteroatoms. The van der Waals surface area contributed by atoms with Crippen LogP contribution in [-0.4, -0.2) is 6.98 Å². The predicted octanol–water partition coefficient (Wildman–Crippen LogP) is 11.4. The SMILES string of the molecule is Cc1ccc2c(c1)-c1c(sc3ccccc13)B1N2c2sc3ccccc3c2N1c1cc(-c2ccccc2)cc(-c2ccccc2)c1. The van der Waals surface area contributed by atoms with Crippen LogP contribution in [0.3, 0.4) is 0 Å². The molecular formula is C41H27BN2S2. The highest BCUT2D eigenvalue weighted by atomic mass is 32.1. The molecule has 0 atom stereocenters. The second-order valence-electron chi connectivity index (χ2n) is 12.2. The van der Waals surface area contributed by atoms with E-state index in [-0.39, 0.29) is 6.98 Å². The molecule has 2 aromatic heterocycles. The number of aryl methyl sites for hydroxylation is 1. The number of benzene rings is 6. The molecule has 8 aromatic rings. The first-order valence-corrected chi connectivity index (χ1v) is 17.3. The highest BCUT2D eigenvalue weighted by molar-refractivity contribution is 7.32. The van der Waals surface area contributed by atoms with Crippen molar-refractivity contribution in [2.75, 3.05) is 9.62 Å². The molecule has 2 aliphatic heterocycles. The van der Waals surface area contributed by atoms with E-state index < -0.39 is 0 Å². The lowest BCUT2D eigenvalue weighted by molar-refractivity contribution is 1.38. The molecule has 0 unspecified atom stereocenters. The van der Waals surface area contributed by atoms with Gasteiger partial charge >= 0.3 is 6.98 Å². The first-order chi connectivity index (χ1) is 22.7. The summed E-state index contributed by atoms with van der Waals surface area (Å²) in [5, 5.41) is 3.96. The average Bonchev–Trinajstić information content (AvgIpc) is 3.78. The van der Waals surface area contributed by atoms with Crippen molar-refractivity contribution in [1.29, 1.82) is 0 Å². The lowest BCUT2D eigenvalue weighted by Crippen LogP contribution is -2.54. The standard InChI is InChI=1S/C41H27BN2S2/c1-26-20-21-35-34(22-26)38-32-16-8-10-18-36(32)45-40(38)42-43(39-33-17-9-11-19-37(33)46-41(39)44(35)42)31-24-29(27-12-4-2-5-13-27)23-30(25-31)28-14-6-3-7-15-28/h2-25H,1H3. The first-order valence-electron chi connectivity index (χ1n) is 15.7. The molecule has 6 aromatic carbocycles. The molecular weight excluding hydrogens is 595 g/mol. The van der Waals surface area contributed by atoms with Crippen molar-refractivity contribution >= 4 is 76.7 Å². The van der Waals surface area contributed by atoms with Crippen molar-refractivity contribution in [2.24, 2.45) is 0 Å². The minimum Gasteiger partial charge on any atom is -0.358 e. The molecule has 0 fully saturated rings. The largest absolute Gasteiger partial charge is 0.432 e. The molecule has 4 heterocycles. The fourth-order valence-electron chi connectivity index (χ4n) is 7.44. The maximum Gasteiger partial charge on any atom is 0.432 e. The van der Waals surface area contributed by atoms with Crippen LogP contribution in [0.4, 0.5) is 22.1 Å². The summed E-state index contributed by atoms with van der Waals surface area (Å²) in [5.74, 6) is 0. The van der Waals surface area contributed by atoms with E-state index >= 15 is 0 Å². The average molecular weight is 623 g/mol. The minimum absolute atomic E-state index is 0.00288. The van der Waals surface area contributed by atoms with E-state index in [1.807, 2.05) is 22.7 Å². The van der Waals surface area contributed by atoms with Crippen LogP contribution in [0.15, 0.2) is 146 Å². The van der Waals surface area contributed by atoms with Crippen molar-refractivity contribution in [3.8, 4) is 33.4 Å². The van der Waals surface area contributed by atoms with Gasteiger partial charge < -0.3 is 9.62 Å². The van der Waals surface area contributed by atoms with Crippen LogP contribution in [0.5, 0.6) is 0 Å². The molecule has 0 N–H and O–H groups in total. The minimum atomic E-state index is 0.00288. The summed E-state index contributed by atoms with van der Waals surface area (Å²) in [5.41, 5.74) is 12.7. The second-order valence-corrected chi connectivity index (χ2v) is 14.3. The van der Waals surface area contributed by atoms with Crippen LogP contribution < -0.4 is 14.4 Å². The lowest BCUT2D eigenvalue weighted by Gasteiger charge is -2.35. The molecule has 0 aliphatic carbocycles. The molecule has 46 heavy (non-hydrogen) atoms. The Balaban J connectivity index is 1.31. The molecule has 0 saturated heterocycles. The van der Waals surface area contributed by atoms with E-state index in [4.69, 9.17) is 0 Å². The van der Waals surface area contributed by atoms with Crippen molar-refractivity contribution in [1.82, 2.24) is 0 Å². The summed E-state index contributed by atoms with van der Waals surface area (Å²) >= 11 is 3.86. The highest BCUT2D eigenvalue weighted by Gasteiger charge is 2.51. The Morgan fingerprint density at radius 2 is 1.13 bits per heavy atom. The zero-order chi connectivity index (χ0) is 30.4. The van der Waals surface area contributed by atoms with Crippen LogP contribution in [0, 0.1) is 6.92 Å². The monoisotopic (exact) mass is 622 g/mol. The van der Waals surface area contributed by atoms with Crippen LogP contribution >= 0.6 is 22.7 Å². The number of fused-ring (bicyclic) bond motifs is 12. The number of anilines is 4. The summed E-state index contributed by atoms with van der Waals surface area (Å²) < 4.78 is 4.05. The van der Waals surface area contributed by atoms with Gasteiger partial charge in [-0.1, -0.05) is 109 Å². The molecule has 2 aliphatic rings. The van der Waals surface area contributed by atoms with E-state index in [1.54, 1.807) is 0 Å². The van der Waals surface area contributed by atoms with Gasteiger partial charge in [-0.15, -0.1) is 22.7 Å². The van der Waals surface area contributed by atoms with E-state index in [1.165, 1.54) is 86.0 Å². The first kappa shape index (κ1) is 26.2. The third kappa shape index (κ3) is 3.76. The van der Waals surface area contributed by atoms with E-state index in [0.29, 0.717) is 0 Å². The number of hydrogen-bond acceptors (Lipinski definition) is 4. The van der Waals surface area contributed by atoms with Gasteiger partial charge in [0.25, 0.3) is 0 Å². The van der Waals surface area contributed by atoms with Gasteiger partial charge in [-0.05, 0) is 77.0 Å². The maximum absolute atomic E-state index is 2.64. The zero-order valence-corrected chi connectivity index (χ0v) is 26.8. The Kier molecular flexibility index (Phi) is 5.66. The number of nitrogens with zero attached hydrogens (tertiary/aromatic N) is 2. The molecule has 2 nitrogen and oxygen atoms in total. The quantitative estimate of drug-likeness (QED) is 0.181. The van der Waals surface area contributed by atoms with Gasteiger partial charge in [0.1, 0.15) is 5.00 Å². The van der Waals surface area contributed by atoms with Crippen molar-refractivity contribution in [2.45, 2.75) is 6.92 Å². The summed E-state index contributed by atoms with van der Waals surface area (Å²) in [6, 6.07) is 53.6. The maximum atomic E-state index is 2.64. The third-order valence-electron chi connectivity index (χ3n) is 9.45. The molecule has 0 amide bonds. The normalized spacial score (nSPS) is 13.2. The van der Waals surface area contributed by atoms with Gasteiger partial charge in [-0.2, -0.15) is 0 Å². The molecule has 0 saturated carbocycles. The smallest absolute Gasteiger partial charge is 0.358 e. The number of rotatable bonds is 3. The third-order valence-corrected chi connectivity index (χ3v) is 11.8. The van der Waals surface area contributed by atoms with Crippen LogP contribution in [0.2, 0.25) is 0 Å². The van der Waals surface area contributed by atoms with Gasteiger partial charge in [-0.25, -0.2) is 0 Å². The zero-order valence-electron chi connectivity index (χ0n) is 25.1. The number of thiophene rings is 2. The predicted molar refractivity (Wildman–Crippen MR) is 201 cm³/mol. The summed E-state index contributed by atoms with van der Waals surface area (Å²) in [6.07, 6.45) is 0. The Bertz CT molecular complexity index is 2400. The lowest BCUT2D eigenvalue weighted by atomic mass is 9.64. The molecule has 10 rings (SSSR count). The summed E-state index contributed by atoms with van der Waals surface area (Å²) in [6.45, 7) is 2.21. The Morgan fingerprint density at radius 1 is 0.522 bits per heavy atom. The van der Waals surface area contributed by atoms with Crippen LogP contribution in [-0.2, 0) is 0 Å². The van der Waals surface area contributed by atoms with Gasteiger partial charge in [0, 0.05) is 42.1 Å². The highest BCUT2D eigenvalue weighted by Crippen LogP contribution is 2.59. The molecule has 0 bridgehead atoms. The van der Waals surface area contributed by atoms with E-state index in [9.17, 15) is 0 Å². The van der Waals surface area contributed by atoms with Crippen molar-refractivity contribution < 1.29 is 0 Å². The molecule has 216 valence electrons. The Morgan fingerprint density at radius 3 is 1.83 bits per heavy atom. The van der Waals surface area contributed by atoms with E-state index in [0.717, 1.165) is 0 Å². The van der Waals surface area contributed by atoms with Crippen LogP contribution in [0.25, 0.3) is 53.6 Å². The van der Waals surface area contributed by atoms with Crippen LogP contribution in [0.1, 0.15) is 5.56 Å². The topological polar surface area (TPSA) is 6.48 Å². The summed E-state index contributed by atoms with van der Waals surface area (Å²) in [7, 11) is 0. The number of hydrogen-bond donors (Lipinski definition) is 0. The summed E-state index contributed by atoms with van der Waals surface area (Å²) in [4.78, 5) is 5.27. The second kappa shape index (κ2) is 9.95. The van der Waals surface area contributed by atoms with Gasteiger partial charge in [0.2, 0.25) is 0 Å².